The minimum Gasteiger partial charge on any atom is -0.280 e. The molecule has 0 saturated carbocycles. The minimum atomic E-state index is -0.367. The molecule has 136 valence electrons. The van der Waals surface area contributed by atoms with Gasteiger partial charge in [-0.05, 0) is 28.8 Å². The molecule has 2 aromatic carbocycles. The van der Waals surface area contributed by atoms with E-state index in [9.17, 15) is 9.59 Å². The summed E-state index contributed by atoms with van der Waals surface area (Å²) in [6.07, 6.45) is 1.73. The largest absolute Gasteiger partial charge is 0.332 e. The average molecular weight is 377 g/mol. The molecule has 0 fully saturated rings. The third kappa shape index (κ3) is 2.86. The van der Waals surface area contributed by atoms with Crippen LogP contribution in [0.15, 0.2) is 63.1 Å². The zero-order chi connectivity index (χ0) is 19.1. The molecule has 0 saturated heterocycles. The van der Waals surface area contributed by atoms with E-state index in [2.05, 4.69) is 35.3 Å². The lowest BCUT2D eigenvalue weighted by Gasteiger charge is -2.13. The molecule has 2 heterocycles. The van der Waals surface area contributed by atoms with Crippen LogP contribution < -0.4 is 11.2 Å². The van der Waals surface area contributed by atoms with E-state index in [-0.39, 0.29) is 11.2 Å². The lowest BCUT2D eigenvalue weighted by atomic mass is 10.1. The number of fused-ring (bicyclic) bond motifs is 2. The second-order valence-electron chi connectivity index (χ2n) is 6.60. The number of hydrogen-bond donors (Lipinski definition) is 0. The fourth-order valence-electron chi connectivity index (χ4n) is 3.35. The molecule has 0 radical (unpaired) electrons. The second-order valence-corrected chi connectivity index (χ2v) is 7.59. The van der Waals surface area contributed by atoms with Crippen LogP contribution >= 0.6 is 11.8 Å². The first kappa shape index (κ1) is 17.5. The van der Waals surface area contributed by atoms with Gasteiger partial charge in [0.15, 0.2) is 0 Å². The number of aryl methyl sites for hydroxylation is 2. The van der Waals surface area contributed by atoms with Crippen molar-refractivity contribution in [2.75, 3.05) is 0 Å². The lowest BCUT2D eigenvalue weighted by Crippen LogP contribution is -2.37. The first-order valence-electron chi connectivity index (χ1n) is 8.64. The summed E-state index contributed by atoms with van der Waals surface area (Å²) >= 11 is 1.61. The van der Waals surface area contributed by atoms with Gasteiger partial charge in [0, 0.05) is 30.9 Å². The number of benzene rings is 2. The monoisotopic (exact) mass is 377 g/mol. The van der Waals surface area contributed by atoms with E-state index in [0.717, 1.165) is 20.8 Å². The summed E-state index contributed by atoms with van der Waals surface area (Å²) < 4.78 is 2.57. The molecule has 4 rings (SSSR count). The van der Waals surface area contributed by atoms with Gasteiger partial charge in [-0.25, -0.2) is 9.78 Å². The molecule has 6 heteroatoms. The Hall–Kier alpha value is -2.86. The summed E-state index contributed by atoms with van der Waals surface area (Å²) in [5.41, 5.74) is 1.90. The predicted molar refractivity (Wildman–Crippen MR) is 110 cm³/mol. The third-order valence-electron chi connectivity index (χ3n) is 4.85. The molecule has 2 aromatic heterocycles. The predicted octanol–water partition coefficient (Wildman–Crippen LogP) is 3.39. The summed E-state index contributed by atoms with van der Waals surface area (Å²) in [6, 6.07) is 14.6. The highest BCUT2D eigenvalue weighted by Crippen LogP contribution is 2.32. The quantitative estimate of drug-likeness (QED) is 0.514. The Bertz CT molecular complexity index is 1300. The number of aromatic nitrogens is 3. The van der Waals surface area contributed by atoms with Crippen molar-refractivity contribution in [2.24, 2.45) is 14.1 Å². The maximum absolute atomic E-state index is 12.8. The molecule has 0 amide bonds. The first-order valence-corrected chi connectivity index (χ1v) is 9.62. The van der Waals surface area contributed by atoms with Gasteiger partial charge < -0.3 is 0 Å². The smallest absolute Gasteiger partial charge is 0.280 e. The Morgan fingerprint density at radius 3 is 2.56 bits per heavy atom. The van der Waals surface area contributed by atoms with Crippen LogP contribution in [0, 0.1) is 6.92 Å². The fourth-order valence-corrected chi connectivity index (χ4v) is 4.51. The maximum Gasteiger partial charge on any atom is 0.332 e. The summed E-state index contributed by atoms with van der Waals surface area (Å²) in [4.78, 5) is 30.2. The van der Waals surface area contributed by atoms with E-state index < -0.39 is 0 Å². The van der Waals surface area contributed by atoms with Gasteiger partial charge in [-0.3, -0.25) is 13.9 Å². The Morgan fingerprint density at radius 2 is 1.74 bits per heavy atom. The van der Waals surface area contributed by atoms with Gasteiger partial charge in [0.25, 0.3) is 5.56 Å². The van der Waals surface area contributed by atoms with Crippen LogP contribution in [0.4, 0.5) is 0 Å². The molecular formula is C21H19N3O2S. The van der Waals surface area contributed by atoms with Gasteiger partial charge in [0.05, 0.1) is 5.39 Å². The molecule has 0 atom stereocenters. The van der Waals surface area contributed by atoms with Crippen LogP contribution in [0.25, 0.3) is 21.8 Å². The maximum atomic E-state index is 12.8. The summed E-state index contributed by atoms with van der Waals surface area (Å²) in [5, 5.41) is 2.92. The Balaban J connectivity index is 1.86. The van der Waals surface area contributed by atoms with Crippen molar-refractivity contribution in [1.29, 1.82) is 0 Å². The molecule has 27 heavy (non-hydrogen) atoms. The zero-order valence-electron chi connectivity index (χ0n) is 15.4. The van der Waals surface area contributed by atoms with Gasteiger partial charge in [0.2, 0.25) is 0 Å². The van der Waals surface area contributed by atoms with Gasteiger partial charge in [-0.2, -0.15) is 0 Å². The zero-order valence-corrected chi connectivity index (χ0v) is 16.2. The van der Waals surface area contributed by atoms with E-state index in [1.54, 1.807) is 25.0 Å². The van der Waals surface area contributed by atoms with Crippen LogP contribution in [-0.2, 0) is 19.8 Å². The average Bonchev–Trinajstić information content (AvgIpc) is 2.69. The first-order chi connectivity index (χ1) is 13.0. The molecule has 0 N–H and O–H groups in total. The van der Waals surface area contributed by atoms with E-state index in [0.29, 0.717) is 11.0 Å². The topological polar surface area (TPSA) is 56.9 Å². The number of hydrogen-bond acceptors (Lipinski definition) is 4. The molecule has 0 aliphatic heterocycles. The number of rotatable bonds is 3. The Morgan fingerprint density at radius 1 is 1.00 bits per heavy atom. The van der Waals surface area contributed by atoms with Crippen molar-refractivity contribution in [3.05, 3.63) is 80.6 Å². The molecular weight excluding hydrogens is 358 g/mol. The summed E-state index contributed by atoms with van der Waals surface area (Å²) in [5.74, 6) is 0.729. The highest BCUT2D eigenvalue weighted by atomic mass is 32.2. The summed E-state index contributed by atoms with van der Waals surface area (Å²) in [7, 11) is 3.15. The Labute approximate surface area is 160 Å². The van der Waals surface area contributed by atoms with E-state index in [1.807, 2.05) is 19.1 Å². The second kappa shape index (κ2) is 6.70. The van der Waals surface area contributed by atoms with Crippen LogP contribution in [0.1, 0.15) is 11.1 Å². The third-order valence-corrected chi connectivity index (χ3v) is 6.12. The standard InChI is InChI=1S/C21H19N3O2S/c1-13-11-22-19-17(20(25)24(3)21(26)23(19)2)18(13)27-12-15-9-6-8-14-7-4-5-10-16(14)15/h4-11H,12H2,1-3H3. The van der Waals surface area contributed by atoms with Crippen LogP contribution in [0.2, 0.25) is 0 Å². The molecule has 5 nitrogen and oxygen atoms in total. The van der Waals surface area contributed by atoms with Crippen molar-refractivity contribution < 1.29 is 0 Å². The molecule has 4 aromatic rings. The summed E-state index contributed by atoms with van der Waals surface area (Å²) in [6.45, 7) is 1.95. The fraction of sp³-hybridized carbons (Fsp3) is 0.190. The lowest BCUT2D eigenvalue weighted by molar-refractivity contribution is 0.705. The molecule has 0 bridgehead atoms. The van der Waals surface area contributed by atoms with Crippen molar-refractivity contribution in [2.45, 2.75) is 17.6 Å². The normalized spacial score (nSPS) is 11.4. The highest BCUT2D eigenvalue weighted by Gasteiger charge is 2.16. The van der Waals surface area contributed by atoms with E-state index >= 15 is 0 Å². The molecule has 0 aliphatic carbocycles. The van der Waals surface area contributed by atoms with Crippen LogP contribution in [0.3, 0.4) is 0 Å². The van der Waals surface area contributed by atoms with Crippen molar-refractivity contribution >= 4 is 33.6 Å². The van der Waals surface area contributed by atoms with Gasteiger partial charge in [0.1, 0.15) is 5.65 Å². The van der Waals surface area contributed by atoms with Crippen LogP contribution in [0.5, 0.6) is 0 Å². The molecule has 0 aliphatic rings. The number of thioether (sulfide) groups is 1. The van der Waals surface area contributed by atoms with E-state index in [1.165, 1.54) is 28.0 Å². The van der Waals surface area contributed by atoms with Crippen LogP contribution in [-0.4, -0.2) is 14.1 Å². The minimum absolute atomic E-state index is 0.301. The van der Waals surface area contributed by atoms with Gasteiger partial charge >= 0.3 is 5.69 Å². The number of pyridine rings is 1. The molecule has 0 unspecified atom stereocenters. The van der Waals surface area contributed by atoms with Gasteiger partial charge in [-0.15, -0.1) is 11.8 Å². The van der Waals surface area contributed by atoms with Crippen molar-refractivity contribution in [3.8, 4) is 0 Å². The van der Waals surface area contributed by atoms with E-state index in [4.69, 9.17) is 0 Å². The molecule has 0 spiro atoms. The number of nitrogens with zero attached hydrogens (tertiary/aromatic N) is 3. The van der Waals surface area contributed by atoms with Gasteiger partial charge in [-0.1, -0.05) is 42.5 Å². The Kier molecular flexibility index (Phi) is 4.36. The SMILES string of the molecule is Cc1cnc2c(c1SCc1cccc3ccccc13)c(=O)n(C)c(=O)n2C. The van der Waals surface area contributed by atoms with Crippen molar-refractivity contribution in [1.82, 2.24) is 14.1 Å². The highest BCUT2D eigenvalue weighted by molar-refractivity contribution is 7.98. The van der Waals surface area contributed by atoms with Crippen molar-refractivity contribution in [3.63, 3.8) is 0 Å².